The van der Waals surface area contributed by atoms with Gasteiger partial charge in [-0.05, 0) is 6.42 Å². The highest BCUT2D eigenvalue weighted by atomic mass is 31.3. The van der Waals surface area contributed by atoms with E-state index >= 15 is 0 Å². The molecule has 8 N–H and O–H groups in total. The van der Waals surface area contributed by atoms with Crippen LogP contribution < -0.4 is 11.1 Å². The molecule has 168 valence electrons. The fourth-order valence-electron chi connectivity index (χ4n) is 2.35. The van der Waals surface area contributed by atoms with Crippen molar-refractivity contribution >= 4 is 35.1 Å². The first kappa shape index (κ1) is 24.4. The lowest BCUT2D eigenvalue weighted by Crippen LogP contribution is -2.22. The van der Waals surface area contributed by atoms with Crippen LogP contribution in [0.2, 0.25) is 0 Å². The number of phosphoric ester groups is 1. The van der Waals surface area contributed by atoms with E-state index in [0.29, 0.717) is 30.2 Å². The number of phosphoric acid groups is 3. The van der Waals surface area contributed by atoms with Crippen molar-refractivity contribution in [2.75, 3.05) is 24.8 Å². The number of hydrogen-bond donors (Lipinski definition) is 7. The monoisotopic (exact) mass is 482 g/mol. The van der Waals surface area contributed by atoms with Crippen LogP contribution in [0.3, 0.4) is 0 Å². The van der Waals surface area contributed by atoms with E-state index in [1.165, 1.54) is 7.11 Å². The van der Waals surface area contributed by atoms with Gasteiger partial charge in [-0.3, -0.25) is 9.62 Å². The zero-order valence-corrected chi connectivity index (χ0v) is 17.6. The minimum atomic E-state index is -5.59. The van der Waals surface area contributed by atoms with Crippen LogP contribution >= 0.6 is 23.5 Å². The van der Waals surface area contributed by atoms with Crippen molar-refractivity contribution < 1.29 is 55.9 Å². The topological polar surface area (TPSA) is 245 Å². The third kappa shape index (κ3) is 8.06. The number of rotatable bonds is 11. The molecular formula is C10H21N4O12P3. The maximum atomic E-state index is 11.8. The summed E-state index contributed by atoms with van der Waals surface area (Å²) < 4.78 is 55.9. The van der Waals surface area contributed by atoms with E-state index in [0.717, 1.165) is 0 Å². The Balaban J connectivity index is 1.92. The Morgan fingerprint density at radius 1 is 1.21 bits per heavy atom. The van der Waals surface area contributed by atoms with Crippen molar-refractivity contribution in [3.8, 4) is 0 Å². The number of aromatic amines is 1. The van der Waals surface area contributed by atoms with Gasteiger partial charge in [0.05, 0.1) is 6.61 Å². The molecular weight excluding hydrogens is 461 g/mol. The molecule has 29 heavy (non-hydrogen) atoms. The number of hydrogen-bond acceptors (Lipinski definition) is 11. The minimum Gasteiger partial charge on any atom is -0.384 e. The summed E-state index contributed by atoms with van der Waals surface area (Å²) in [6.45, 7) is 0.388. The highest BCUT2D eigenvalue weighted by Crippen LogP contribution is 2.66. The Kier molecular flexibility index (Phi) is 8.01. The molecule has 2 heterocycles. The normalized spacial score (nSPS) is 24.2. The van der Waals surface area contributed by atoms with Crippen LogP contribution in [-0.2, 0) is 42.7 Å². The van der Waals surface area contributed by atoms with Crippen LogP contribution in [0.4, 0.5) is 11.6 Å². The molecule has 4 atom stereocenters. The lowest BCUT2D eigenvalue weighted by Gasteiger charge is -2.19. The fraction of sp³-hybridized carbons (Fsp3) is 0.700. The smallest absolute Gasteiger partial charge is 0.384 e. The standard InChI is InChI=1S/C10H21N4O12P3/c1-22-5-4-6-9(11)13-14-10(6)12-7-2-3-8(23-7)24-28(18,19)26-29(20,21)25-27(15,16)17/h7-8H,2-5H2,1H3,(H,18,19)(H,20,21)(H2,15,16,17)(H4,11,12,13,14). The van der Waals surface area contributed by atoms with Gasteiger partial charge < -0.3 is 40.1 Å². The van der Waals surface area contributed by atoms with E-state index < -0.39 is 36.0 Å². The van der Waals surface area contributed by atoms with Gasteiger partial charge in [0.25, 0.3) is 0 Å². The Hall–Kier alpha value is -0.860. The van der Waals surface area contributed by atoms with Gasteiger partial charge in [0.15, 0.2) is 12.1 Å². The molecule has 4 unspecified atom stereocenters. The molecule has 1 fully saturated rings. The summed E-state index contributed by atoms with van der Waals surface area (Å²) in [6.07, 6.45) is -1.22. The van der Waals surface area contributed by atoms with Gasteiger partial charge in [0.2, 0.25) is 0 Å². The minimum absolute atomic E-state index is 0.0773. The molecule has 2 rings (SSSR count). The molecule has 0 spiro atoms. The second kappa shape index (κ2) is 9.52. The van der Waals surface area contributed by atoms with Crippen LogP contribution in [0.25, 0.3) is 0 Å². The number of nitrogens with two attached hydrogens (primary N) is 1. The van der Waals surface area contributed by atoms with Gasteiger partial charge in [-0.1, -0.05) is 0 Å². The molecule has 0 aromatic carbocycles. The Labute approximate surface area is 164 Å². The predicted molar refractivity (Wildman–Crippen MR) is 95.0 cm³/mol. The van der Waals surface area contributed by atoms with E-state index in [2.05, 4.69) is 28.7 Å². The van der Waals surface area contributed by atoms with Crippen molar-refractivity contribution in [3.63, 3.8) is 0 Å². The molecule has 1 saturated heterocycles. The van der Waals surface area contributed by atoms with Crippen molar-refractivity contribution in [2.45, 2.75) is 31.8 Å². The number of H-pyrrole nitrogens is 1. The summed E-state index contributed by atoms with van der Waals surface area (Å²) in [7, 11) is -14.8. The summed E-state index contributed by atoms with van der Waals surface area (Å²) in [5.41, 5.74) is 6.43. The zero-order valence-electron chi connectivity index (χ0n) is 14.9. The molecule has 16 nitrogen and oxygen atoms in total. The fourth-order valence-corrected chi connectivity index (χ4v) is 5.46. The van der Waals surface area contributed by atoms with Crippen molar-refractivity contribution in [1.29, 1.82) is 0 Å². The number of nitrogen functional groups attached to an aromatic ring is 1. The third-order valence-corrected chi connectivity index (χ3v) is 7.23. The number of nitrogens with one attached hydrogen (secondary N) is 2. The molecule has 1 aromatic rings. The highest BCUT2D eigenvalue weighted by molar-refractivity contribution is 7.66. The van der Waals surface area contributed by atoms with E-state index in [4.69, 9.17) is 29.9 Å². The highest BCUT2D eigenvalue weighted by Gasteiger charge is 2.43. The average molecular weight is 482 g/mol. The van der Waals surface area contributed by atoms with Crippen LogP contribution in [0.5, 0.6) is 0 Å². The number of methoxy groups -OCH3 is 1. The summed E-state index contributed by atoms with van der Waals surface area (Å²) in [5, 5.41) is 9.49. The number of ether oxygens (including phenoxy) is 2. The van der Waals surface area contributed by atoms with Crippen LogP contribution in [-0.4, -0.2) is 56.0 Å². The maximum absolute atomic E-state index is 11.8. The molecule has 0 saturated carbocycles. The Morgan fingerprint density at radius 2 is 1.90 bits per heavy atom. The Bertz CT molecular complexity index is 842. The van der Waals surface area contributed by atoms with Gasteiger partial charge in [0, 0.05) is 25.5 Å². The van der Waals surface area contributed by atoms with Gasteiger partial charge in [0.1, 0.15) is 12.0 Å². The molecule has 1 aromatic heterocycles. The van der Waals surface area contributed by atoms with Crippen molar-refractivity contribution in [3.05, 3.63) is 5.56 Å². The maximum Gasteiger partial charge on any atom is 0.490 e. The first-order valence-electron chi connectivity index (χ1n) is 7.86. The summed E-state index contributed by atoms with van der Waals surface area (Å²) in [4.78, 5) is 35.6. The van der Waals surface area contributed by atoms with E-state index in [1.54, 1.807) is 0 Å². The van der Waals surface area contributed by atoms with Crippen LogP contribution in [0.15, 0.2) is 0 Å². The number of anilines is 2. The molecule has 0 aliphatic carbocycles. The number of nitrogens with zero attached hydrogens (tertiary/aromatic N) is 1. The lowest BCUT2D eigenvalue weighted by atomic mass is 10.2. The summed E-state index contributed by atoms with van der Waals surface area (Å²) in [6, 6.07) is 0. The molecule has 1 aliphatic rings. The van der Waals surface area contributed by atoms with Crippen molar-refractivity contribution in [2.24, 2.45) is 0 Å². The van der Waals surface area contributed by atoms with E-state index in [9.17, 15) is 18.6 Å². The summed E-state index contributed by atoms with van der Waals surface area (Å²) >= 11 is 0. The number of aromatic nitrogens is 2. The molecule has 0 bridgehead atoms. The Morgan fingerprint density at radius 3 is 2.52 bits per heavy atom. The van der Waals surface area contributed by atoms with Gasteiger partial charge in [-0.25, -0.2) is 13.7 Å². The zero-order chi connectivity index (χ0) is 21.9. The third-order valence-electron chi connectivity index (χ3n) is 3.40. The predicted octanol–water partition coefficient (Wildman–Crippen LogP) is 0.399. The quantitative estimate of drug-likeness (QED) is 0.211. The first-order valence-corrected chi connectivity index (χ1v) is 12.4. The summed E-state index contributed by atoms with van der Waals surface area (Å²) in [5.74, 6) is 0.705. The molecule has 0 amide bonds. The van der Waals surface area contributed by atoms with Gasteiger partial charge >= 0.3 is 23.5 Å². The second-order valence-electron chi connectivity index (χ2n) is 5.68. The van der Waals surface area contributed by atoms with Crippen LogP contribution in [0, 0.1) is 0 Å². The SMILES string of the molecule is COCCc1c(NC2CCC(OP(=O)(O)OP(=O)(O)OP(=O)(O)O)O2)n[nH]c1N. The molecule has 0 radical (unpaired) electrons. The first-order chi connectivity index (χ1) is 13.3. The van der Waals surface area contributed by atoms with Crippen molar-refractivity contribution in [1.82, 2.24) is 10.2 Å². The molecule has 1 aliphatic heterocycles. The van der Waals surface area contributed by atoms with Gasteiger partial charge in [-0.15, -0.1) is 0 Å². The lowest BCUT2D eigenvalue weighted by molar-refractivity contribution is -0.0767. The average Bonchev–Trinajstić information content (AvgIpc) is 3.08. The van der Waals surface area contributed by atoms with E-state index in [-0.39, 0.29) is 12.8 Å². The van der Waals surface area contributed by atoms with E-state index in [1.807, 2.05) is 0 Å². The van der Waals surface area contributed by atoms with Gasteiger partial charge in [-0.2, -0.15) is 13.7 Å². The van der Waals surface area contributed by atoms with Crippen LogP contribution in [0.1, 0.15) is 18.4 Å². The molecule has 19 heteroatoms. The second-order valence-corrected chi connectivity index (χ2v) is 10.1. The largest absolute Gasteiger partial charge is 0.490 e.